The van der Waals surface area contributed by atoms with Gasteiger partial charge in [-0.25, -0.2) is 4.79 Å². The molecule has 1 aromatic heterocycles. The number of hydrogen-bond acceptors (Lipinski definition) is 6. The second kappa shape index (κ2) is 6.82. The smallest absolute Gasteiger partial charge is 0.361 e. The molecule has 0 saturated heterocycles. The molecule has 10 nitrogen and oxygen atoms in total. The van der Waals surface area contributed by atoms with Crippen molar-refractivity contribution in [3.05, 3.63) is 32.6 Å². The standard InChI is InChI=1S/C9H15N2O8P/c1-6-2-11(9(14)10-8(6)13)19-4-7(3-12)18-5-20(15,16)17/h2,7,12H,3-5H2,1H3,(H,10,13,14)(H2,15,16,17)/t7-/m0/s1. The van der Waals surface area contributed by atoms with Gasteiger partial charge in [-0.3, -0.25) is 14.3 Å². The molecular formula is C9H15N2O8P. The molecule has 0 aliphatic heterocycles. The van der Waals surface area contributed by atoms with Gasteiger partial charge >= 0.3 is 13.3 Å². The molecule has 0 radical (unpaired) electrons. The fraction of sp³-hybridized carbons (Fsp3) is 0.556. The summed E-state index contributed by atoms with van der Waals surface area (Å²) in [6.45, 7) is 0.574. The Balaban J connectivity index is 2.65. The number of nitrogens with one attached hydrogen (secondary N) is 1. The van der Waals surface area contributed by atoms with Crippen LogP contribution in [-0.2, 0) is 9.30 Å². The zero-order chi connectivity index (χ0) is 15.3. The molecule has 0 aliphatic rings. The second-order valence-corrected chi connectivity index (χ2v) is 5.55. The quantitative estimate of drug-likeness (QED) is 0.414. The molecule has 1 heterocycles. The first-order chi connectivity index (χ1) is 9.23. The molecule has 1 atom stereocenters. The van der Waals surface area contributed by atoms with E-state index in [2.05, 4.69) is 0 Å². The molecule has 0 aliphatic carbocycles. The minimum atomic E-state index is -4.36. The van der Waals surface area contributed by atoms with Crippen LogP contribution < -0.4 is 16.1 Å². The number of H-pyrrole nitrogens is 1. The van der Waals surface area contributed by atoms with Gasteiger partial charge in [0.15, 0.2) is 0 Å². The van der Waals surface area contributed by atoms with Crippen molar-refractivity contribution in [3.8, 4) is 0 Å². The first-order valence-corrected chi connectivity index (χ1v) is 7.25. The third-order valence-corrected chi connectivity index (χ3v) is 2.66. The van der Waals surface area contributed by atoms with Crippen LogP contribution in [0.5, 0.6) is 0 Å². The maximum atomic E-state index is 11.4. The van der Waals surface area contributed by atoms with Gasteiger partial charge in [0, 0.05) is 5.56 Å². The topological polar surface area (TPSA) is 151 Å². The first kappa shape index (κ1) is 16.6. The molecule has 20 heavy (non-hydrogen) atoms. The van der Waals surface area contributed by atoms with Gasteiger partial charge in [0.1, 0.15) is 19.1 Å². The van der Waals surface area contributed by atoms with Crippen molar-refractivity contribution in [3.63, 3.8) is 0 Å². The summed E-state index contributed by atoms with van der Waals surface area (Å²) in [6.07, 6.45) is -0.749. The fourth-order valence-corrected chi connectivity index (χ4v) is 1.56. The van der Waals surface area contributed by atoms with E-state index in [1.165, 1.54) is 6.92 Å². The lowest BCUT2D eigenvalue weighted by Gasteiger charge is -2.16. The van der Waals surface area contributed by atoms with Gasteiger partial charge in [-0.15, -0.1) is 4.73 Å². The van der Waals surface area contributed by atoms with Crippen LogP contribution in [-0.4, -0.2) is 50.3 Å². The number of aliphatic hydroxyl groups is 1. The molecule has 0 aromatic carbocycles. The lowest BCUT2D eigenvalue weighted by atomic mass is 10.4. The van der Waals surface area contributed by atoms with Crippen LogP contribution in [0.15, 0.2) is 15.8 Å². The molecule has 0 amide bonds. The zero-order valence-corrected chi connectivity index (χ0v) is 11.4. The molecule has 0 unspecified atom stereocenters. The largest absolute Gasteiger partial charge is 0.407 e. The van der Waals surface area contributed by atoms with Crippen LogP contribution in [0.1, 0.15) is 5.56 Å². The van der Waals surface area contributed by atoms with Gasteiger partial charge in [0.25, 0.3) is 5.56 Å². The van der Waals surface area contributed by atoms with Crippen molar-refractivity contribution in [2.75, 3.05) is 19.6 Å². The van der Waals surface area contributed by atoms with Crippen LogP contribution >= 0.6 is 7.60 Å². The maximum Gasteiger partial charge on any atom is 0.361 e. The first-order valence-electron chi connectivity index (χ1n) is 5.46. The normalized spacial score (nSPS) is 13.2. The summed E-state index contributed by atoms with van der Waals surface area (Å²) >= 11 is 0. The van der Waals surface area contributed by atoms with E-state index >= 15 is 0 Å². The van der Waals surface area contributed by atoms with E-state index in [-0.39, 0.29) is 12.2 Å². The highest BCUT2D eigenvalue weighted by molar-refractivity contribution is 7.51. The average Bonchev–Trinajstić information content (AvgIpc) is 2.34. The van der Waals surface area contributed by atoms with Crippen LogP contribution in [0, 0.1) is 6.92 Å². The van der Waals surface area contributed by atoms with Gasteiger partial charge in [0.05, 0.1) is 12.8 Å². The van der Waals surface area contributed by atoms with E-state index in [0.29, 0.717) is 0 Å². The van der Waals surface area contributed by atoms with Gasteiger partial charge in [-0.1, -0.05) is 0 Å². The van der Waals surface area contributed by atoms with Gasteiger partial charge < -0.3 is 24.5 Å². The fourth-order valence-electron chi connectivity index (χ4n) is 1.16. The Labute approximate surface area is 112 Å². The summed E-state index contributed by atoms with van der Waals surface area (Å²) in [5.74, 6) is 0. The average molecular weight is 310 g/mol. The van der Waals surface area contributed by atoms with Gasteiger partial charge in [-0.05, 0) is 6.92 Å². The number of aromatic nitrogens is 2. The van der Waals surface area contributed by atoms with E-state index in [1.54, 1.807) is 0 Å². The minimum Gasteiger partial charge on any atom is -0.407 e. The van der Waals surface area contributed by atoms with Crippen LogP contribution in [0.3, 0.4) is 0 Å². The molecule has 4 N–H and O–H groups in total. The molecule has 1 rings (SSSR count). The van der Waals surface area contributed by atoms with Gasteiger partial charge in [-0.2, -0.15) is 0 Å². The molecule has 0 fully saturated rings. The van der Waals surface area contributed by atoms with Crippen molar-refractivity contribution in [2.24, 2.45) is 0 Å². The third kappa shape index (κ3) is 5.27. The monoisotopic (exact) mass is 310 g/mol. The summed E-state index contributed by atoms with van der Waals surface area (Å²) in [4.78, 5) is 46.7. The Morgan fingerprint density at radius 3 is 2.65 bits per heavy atom. The van der Waals surface area contributed by atoms with Crippen molar-refractivity contribution in [1.29, 1.82) is 0 Å². The van der Waals surface area contributed by atoms with Crippen molar-refractivity contribution < 1.29 is 29.0 Å². The summed E-state index contributed by atoms with van der Waals surface area (Å²) < 4.78 is 16.1. The minimum absolute atomic E-state index is 0.237. The summed E-state index contributed by atoms with van der Waals surface area (Å²) in [5.41, 5.74) is -1.13. The highest BCUT2D eigenvalue weighted by Crippen LogP contribution is 2.34. The Bertz CT molecular complexity index is 603. The number of aliphatic hydroxyl groups excluding tert-OH is 1. The Morgan fingerprint density at radius 1 is 1.45 bits per heavy atom. The summed E-state index contributed by atoms with van der Waals surface area (Å²) in [5, 5.41) is 8.97. The lowest BCUT2D eigenvalue weighted by Crippen LogP contribution is -2.38. The van der Waals surface area contributed by atoms with E-state index in [9.17, 15) is 14.2 Å². The molecule has 11 heteroatoms. The molecule has 1 aromatic rings. The van der Waals surface area contributed by atoms with E-state index in [0.717, 1.165) is 10.9 Å². The highest BCUT2D eigenvalue weighted by atomic mass is 31.2. The summed E-state index contributed by atoms with van der Waals surface area (Å²) in [7, 11) is -4.36. The van der Waals surface area contributed by atoms with Crippen LogP contribution in [0.4, 0.5) is 0 Å². The Hall–Kier alpha value is -1.45. The number of aryl methyl sites for hydroxylation is 1. The van der Waals surface area contributed by atoms with Crippen molar-refractivity contribution in [2.45, 2.75) is 13.0 Å². The zero-order valence-electron chi connectivity index (χ0n) is 10.6. The predicted octanol–water partition coefficient (Wildman–Crippen LogP) is -2.21. The highest BCUT2D eigenvalue weighted by Gasteiger charge is 2.18. The van der Waals surface area contributed by atoms with E-state index < -0.39 is 37.9 Å². The predicted molar refractivity (Wildman–Crippen MR) is 66.4 cm³/mol. The summed E-state index contributed by atoms with van der Waals surface area (Å²) in [6, 6.07) is 0. The number of hydrogen-bond donors (Lipinski definition) is 4. The number of ether oxygens (including phenoxy) is 1. The SMILES string of the molecule is Cc1cn(OC[C@H](CO)OCP(=O)(O)O)c(=O)[nH]c1=O. The van der Waals surface area contributed by atoms with E-state index in [1.807, 2.05) is 4.98 Å². The third-order valence-electron chi connectivity index (χ3n) is 2.17. The second-order valence-electron chi connectivity index (χ2n) is 3.96. The molecule has 0 bridgehead atoms. The Morgan fingerprint density at radius 2 is 2.10 bits per heavy atom. The van der Waals surface area contributed by atoms with Crippen LogP contribution in [0.2, 0.25) is 0 Å². The number of aromatic amines is 1. The van der Waals surface area contributed by atoms with Crippen molar-refractivity contribution >= 4 is 7.60 Å². The number of rotatable bonds is 7. The van der Waals surface area contributed by atoms with Gasteiger partial charge in [0.2, 0.25) is 0 Å². The molecule has 114 valence electrons. The van der Waals surface area contributed by atoms with Crippen molar-refractivity contribution in [1.82, 2.24) is 9.71 Å². The molecular weight excluding hydrogens is 295 g/mol. The van der Waals surface area contributed by atoms with Crippen LogP contribution in [0.25, 0.3) is 0 Å². The lowest BCUT2D eigenvalue weighted by molar-refractivity contribution is -0.0377. The Kier molecular flexibility index (Phi) is 5.66. The van der Waals surface area contributed by atoms with E-state index in [4.69, 9.17) is 24.5 Å². The molecule has 0 spiro atoms. The number of nitrogens with zero attached hydrogens (tertiary/aromatic N) is 1. The molecule has 0 saturated carbocycles. The maximum absolute atomic E-state index is 11.4.